The van der Waals surface area contributed by atoms with E-state index < -0.39 is 12.0 Å². The van der Waals surface area contributed by atoms with Crippen LogP contribution in [0.4, 0.5) is 0 Å². The van der Waals surface area contributed by atoms with Crippen LogP contribution in [-0.2, 0) is 4.79 Å². The number of nitrogens with one attached hydrogen (secondary N) is 1. The van der Waals surface area contributed by atoms with Crippen LogP contribution in [0.25, 0.3) is 0 Å². The highest BCUT2D eigenvalue weighted by molar-refractivity contribution is 5.72. The maximum Gasteiger partial charge on any atom is 0.320 e. The quantitative estimate of drug-likeness (QED) is 0.806. The molecular weight excluding hydrogens is 204 g/mol. The largest absolute Gasteiger partial charge is 0.480 e. The zero-order chi connectivity index (χ0) is 12.1. The Morgan fingerprint density at radius 1 is 1.38 bits per heavy atom. The van der Waals surface area contributed by atoms with Crippen molar-refractivity contribution in [3.8, 4) is 6.07 Å². The SMILES string of the molecule is C[C@H](N[C@H](C)c1ccc(C#N)cc1)C(=O)O. The molecule has 1 aromatic rings. The minimum absolute atomic E-state index is 0.0566. The molecule has 0 aliphatic rings. The second-order valence-electron chi connectivity index (χ2n) is 3.68. The van der Waals surface area contributed by atoms with Crippen molar-refractivity contribution in [1.82, 2.24) is 5.32 Å². The van der Waals surface area contributed by atoms with Gasteiger partial charge >= 0.3 is 5.97 Å². The molecule has 0 aliphatic carbocycles. The summed E-state index contributed by atoms with van der Waals surface area (Å²) in [6, 6.07) is 8.48. The molecule has 0 bridgehead atoms. The van der Waals surface area contributed by atoms with E-state index in [2.05, 4.69) is 5.32 Å². The van der Waals surface area contributed by atoms with Crippen LogP contribution in [0, 0.1) is 11.3 Å². The zero-order valence-electron chi connectivity index (χ0n) is 9.27. The van der Waals surface area contributed by atoms with E-state index >= 15 is 0 Å². The second-order valence-corrected chi connectivity index (χ2v) is 3.68. The molecule has 0 aromatic heterocycles. The van der Waals surface area contributed by atoms with Crippen molar-refractivity contribution in [3.63, 3.8) is 0 Å². The molecule has 0 amide bonds. The van der Waals surface area contributed by atoms with E-state index in [1.807, 2.05) is 25.1 Å². The maximum absolute atomic E-state index is 10.7. The van der Waals surface area contributed by atoms with Crippen molar-refractivity contribution in [1.29, 1.82) is 5.26 Å². The molecule has 0 saturated carbocycles. The van der Waals surface area contributed by atoms with Crippen LogP contribution >= 0.6 is 0 Å². The van der Waals surface area contributed by atoms with Crippen LogP contribution in [0.1, 0.15) is 31.0 Å². The van der Waals surface area contributed by atoms with E-state index in [0.29, 0.717) is 5.56 Å². The van der Waals surface area contributed by atoms with Gasteiger partial charge in [-0.05, 0) is 31.5 Å². The number of hydrogen-bond acceptors (Lipinski definition) is 3. The fourth-order valence-electron chi connectivity index (χ4n) is 1.39. The van der Waals surface area contributed by atoms with E-state index in [1.54, 1.807) is 19.1 Å². The highest BCUT2D eigenvalue weighted by Crippen LogP contribution is 2.13. The summed E-state index contributed by atoms with van der Waals surface area (Å²) in [5, 5.41) is 20.3. The Morgan fingerprint density at radius 3 is 2.38 bits per heavy atom. The Balaban J connectivity index is 2.70. The molecule has 0 saturated heterocycles. The fraction of sp³-hybridized carbons (Fsp3) is 0.333. The number of carboxylic acid groups (broad SMARTS) is 1. The normalized spacial score (nSPS) is 13.8. The molecule has 84 valence electrons. The molecular formula is C12H14N2O2. The van der Waals surface area contributed by atoms with Gasteiger partial charge in [-0.25, -0.2) is 0 Å². The molecule has 0 radical (unpaired) electrons. The molecule has 1 rings (SSSR count). The molecule has 0 heterocycles. The maximum atomic E-state index is 10.7. The molecule has 0 unspecified atom stereocenters. The van der Waals surface area contributed by atoms with Gasteiger partial charge in [0.2, 0.25) is 0 Å². The van der Waals surface area contributed by atoms with Crippen molar-refractivity contribution in [2.45, 2.75) is 25.9 Å². The van der Waals surface area contributed by atoms with Crippen LogP contribution in [0.3, 0.4) is 0 Å². The van der Waals surface area contributed by atoms with Crippen molar-refractivity contribution in [2.75, 3.05) is 0 Å². The van der Waals surface area contributed by atoms with E-state index in [1.165, 1.54) is 0 Å². The summed E-state index contributed by atoms with van der Waals surface area (Å²) in [6.45, 7) is 3.49. The predicted octanol–water partition coefficient (Wildman–Crippen LogP) is 1.68. The Bertz CT molecular complexity index is 406. The molecule has 4 nitrogen and oxygen atoms in total. The lowest BCUT2D eigenvalue weighted by molar-refractivity contribution is -0.139. The van der Waals surface area contributed by atoms with Crippen molar-refractivity contribution < 1.29 is 9.90 Å². The fourth-order valence-corrected chi connectivity index (χ4v) is 1.39. The van der Waals surface area contributed by atoms with Gasteiger partial charge in [0.05, 0.1) is 11.6 Å². The molecule has 0 spiro atoms. The molecule has 4 heteroatoms. The Labute approximate surface area is 94.5 Å². The van der Waals surface area contributed by atoms with Gasteiger partial charge in [-0.15, -0.1) is 0 Å². The summed E-state index contributed by atoms with van der Waals surface area (Å²) in [5.41, 5.74) is 1.56. The van der Waals surface area contributed by atoms with Gasteiger partial charge in [0.1, 0.15) is 6.04 Å². The van der Waals surface area contributed by atoms with Crippen molar-refractivity contribution in [3.05, 3.63) is 35.4 Å². The first-order valence-corrected chi connectivity index (χ1v) is 5.03. The minimum Gasteiger partial charge on any atom is -0.480 e. The molecule has 0 fully saturated rings. The van der Waals surface area contributed by atoms with E-state index in [4.69, 9.17) is 10.4 Å². The third-order valence-electron chi connectivity index (χ3n) is 2.41. The first kappa shape index (κ1) is 12.2. The number of benzene rings is 1. The van der Waals surface area contributed by atoms with Gasteiger partial charge < -0.3 is 5.11 Å². The Kier molecular flexibility index (Phi) is 4.03. The lowest BCUT2D eigenvalue weighted by Gasteiger charge is -2.17. The van der Waals surface area contributed by atoms with Gasteiger partial charge in [-0.1, -0.05) is 12.1 Å². The van der Waals surface area contributed by atoms with Gasteiger partial charge in [0, 0.05) is 6.04 Å². The van der Waals surface area contributed by atoms with Gasteiger partial charge in [0.25, 0.3) is 0 Å². The summed E-state index contributed by atoms with van der Waals surface area (Å²) >= 11 is 0. The Morgan fingerprint density at radius 2 is 1.94 bits per heavy atom. The lowest BCUT2D eigenvalue weighted by atomic mass is 10.1. The number of rotatable bonds is 4. The number of carbonyl (C=O) groups is 1. The highest BCUT2D eigenvalue weighted by Gasteiger charge is 2.14. The number of hydrogen-bond donors (Lipinski definition) is 2. The molecule has 1 aromatic carbocycles. The number of aliphatic carboxylic acids is 1. The molecule has 2 N–H and O–H groups in total. The predicted molar refractivity (Wildman–Crippen MR) is 59.8 cm³/mol. The topological polar surface area (TPSA) is 73.1 Å². The molecule has 2 atom stereocenters. The lowest BCUT2D eigenvalue weighted by Crippen LogP contribution is -2.35. The van der Waals surface area contributed by atoms with Crippen LogP contribution in [0.15, 0.2) is 24.3 Å². The zero-order valence-corrected chi connectivity index (χ0v) is 9.27. The first-order valence-electron chi connectivity index (χ1n) is 5.03. The monoisotopic (exact) mass is 218 g/mol. The first-order chi connectivity index (χ1) is 7.54. The Hall–Kier alpha value is -1.86. The summed E-state index contributed by atoms with van der Waals surface area (Å²) in [4.78, 5) is 10.7. The molecule has 0 aliphatic heterocycles. The smallest absolute Gasteiger partial charge is 0.320 e. The van der Waals surface area contributed by atoms with Gasteiger partial charge in [-0.2, -0.15) is 5.26 Å². The number of nitrogens with zero attached hydrogens (tertiary/aromatic N) is 1. The van der Waals surface area contributed by atoms with Crippen LogP contribution in [0.2, 0.25) is 0 Å². The summed E-state index contributed by atoms with van der Waals surface area (Å²) < 4.78 is 0. The third kappa shape index (κ3) is 3.07. The number of carboxylic acids is 1. The van der Waals surface area contributed by atoms with Crippen molar-refractivity contribution in [2.24, 2.45) is 0 Å². The van der Waals surface area contributed by atoms with Crippen molar-refractivity contribution >= 4 is 5.97 Å². The van der Waals surface area contributed by atoms with E-state index in [9.17, 15) is 4.79 Å². The highest BCUT2D eigenvalue weighted by atomic mass is 16.4. The molecule has 16 heavy (non-hydrogen) atoms. The summed E-state index contributed by atoms with van der Waals surface area (Å²) in [7, 11) is 0. The van der Waals surface area contributed by atoms with E-state index in [0.717, 1.165) is 5.56 Å². The summed E-state index contributed by atoms with van der Waals surface area (Å²) in [6.07, 6.45) is 0. The van der Waals surface area contributed by atoms with Crippen LogP contribution in [-0.4, -0.2) is 17.1 Å². The number of nitriles is 1. The third-order valence-corrected chi connectivity index (χ3v) is 2.41. The standard InChI is InChI=1S/C12H14N2O2/c1-8(14-9(2)12(15)16)11-5-3-10(7-13)4-6-11/h3-6,8-9,14H,1-2H3,(H,15,16)/t8-,9+/m1/s1. The van der Waals surface area contributed by atoms with Crippen LogP contribution in [0.5, 0.6) is 0 Å². The second kappa shape index (κ2) is 5.29. The minimum atomic E-state index is -0.875. The van der Waals surface area contributed by atoms with Gasteiger partial charge in [0.15, 0.2) is 0 Å². The van der Waals surface area contributed by atoms with Crippen LogP contribution < -0.4 is 5.32 Å². The van der Waals surface area contributed by atoms with E-state index in [-0.39, 0.29) is 6.04 Å². The summed E-state index contributed by atoms with van der Waals surface area (Å²) in [5.74, 6) is -0.875. The van der Waals surface area contributed by atoms with Gasteiger partial charge in [-0.3, -0.25) is 10.1 Å². The average Bonchev–Trinajstić information content (AvgIpc) is 2.28. The average molecular weight is 218 g/mol.